The van der Waals surface area contributed by atoms with Crippen LogP contribution in [0.4, 0.5) is 5.69 Å². The minimum Gasteiger partial charge on any atom is -0.494 e. The molecule has 5 nitrogen and oxygen atoms in total. The van der Waals surface area contributed by atoms with Gasteiger partial charge in [0, 0.05) is 18.3 Å². The fourth-order valence-electron chi connectivity index (χ4n) is 2.22. The van der Waals surface area contributed by atoms with E-state index in [2.05, 4.69) is 17.6 Å². The molecule has 0 bridgehead atoms. The smallest absolute Gasteiger partial charge is 0.255 e. The molecule has 2 rings (SSSR count). The first-order valence-corrected chi connectivity index (χ1v) is 8.46. The van der Waals surface area contributed by atoms with Gasteiger partial charge in [0.2, 0.25) is 5.91 Å². The molecule has 25 heavy (non-hydrogen) atoms. The van der Waals surface area contributed by atoms with Crippen LogP contribution in [0, 0.1) is 0 Å². The fraction of sp³-hybridized carbons (Fsp3) is 0.300. The number of carbonyl (C=O) groups is 2. The summed E-state index contributed by atoms with van der Waals surface area (Å²) >= 11 is 0. The molecule has 0 saturated heterocycles. The molecule has 0 fully saturated rings. The van der Waals surface area contributed by atoms with E-state index in [1.165, 1.54) is 0 Å². The van der Waals surface area contributed by atoms with Crippen LogP contribution in [0.15, 0.2) is 48.5 Å². The zero-order valence-electron chi connectivity index (χ0n) is 14.7. The third kappa shape index (κ3) is 5.95. The van der Waals surface area contributed by atoms with Gasteiger partial charge in [-0.1, -0.05) is 25.5 Å². The molecule has 5 heteroatoms. The summed E-state index contributed by atoms with van der Waals surface area (Å²) in [6.45, 7) is 2.80. The largest absolute Gasteiger partial charge is 0.494 e. The van der Waals surface area contributed by atoms with E-state index in [0.717, 1.165) is 24.2 Å². The predicted molar refractivity (Wildman–Crippen MR) is 99.0 cm³/mol. The lowest BCUT2D eigenvalue weighted by Crippen LogP contribution is -2.19. The summed E-state index contributed by atoms with van der Waals surface area (Å²) in [6, 6.07) is 14.3. The molecule has 0 spiro atoms. The lowest BCUT2D eigenvalue weighted by Gasteiger charge is -2.08. The van der Waals surface area contributed by atoms with E-state index in [4.69, 9.17) is 4.74 Å². The van der Waals surface area contributed by atoms with E-state index in [1.54, 1.807) is 43.4 Å². The molecule has 0 atom stereocenters. The van der Waals surface area contributed by atoms with E-state index < -0.39 is 0 Å². The number of unbranched alkanes of at least 4 members (excludes halogenated alkanes) is 1. The van der Waals surface area contributed by atoms with Crippen molar-refractivity contribution in [2.24, 2.45) is 0 Å². The Hall–Kier alpha value is -2.82. The van der Waals surface area contributed by atoms with E-state index in [9.17, 15) is 9.59 Å². The van der Waals surface area contributed by atoms with E-state index >= 15 is 0 Å². The van der Waals surface area contributed by atoms with Crippen molar-refractivity contribution in [2.45, 2.75) is 26.2 Å². The van der Waals surface area contributed by atoms with Gasteiger partial charge in [0.1, 0.15) is 5.75 Å². The van der Waals surface area contributed by atoms with Crippen molar-refractivity contribution in [2.75, 3.05) is 19.0 Å². The van der Waals surface area contributed by atoms with Crippen LogP contribution in [0.1, 0.15) is 35.7 Å². The van der Waals surface area contributed by atoms with Crippen LogP contribution in [-0.4, -0.2) is 25.5 Å². The number of likely N-dealkylation sites (N-methyl/N-ethyl adjacent to an activating group) is 1. The van der Waals surface area contributed by atoms with Crippen LogP contribution in [0.3, 0.4) is 0 Å². The number of carbonyl (C=O) groups excluding carboxylic acids is 2. The summed E-state index contributed by atoms with van der Waals surface area (Å²) in [7, 11) is 1.61. The summed E-state index contributed by atoms with van der Waals surface area (Å²) in [4.78, 5) is 23.6. The Balaban J connectivity index is 1.91. The number of hydrogen-bond donors (Lipinski definition) is 2. The van der Waals surface area contributed by atoms with Gasteiger partial charge in [-0.3, -0.25) is 9.59 Å². The molecule has 2 aromatic carbocycles. The highest BCUT2D eigenvalue weighted by Crippen LogP contribution is 2.15. The van der Waals surface area contributed by atoms with Gasteiger partial charge in [-0.05, 0) is 48.4 Å². The van der Waals surface area contributed by atoms with E-state index in [0.29, 0.717) is 24.3 Å². The molecule has 0 radical (unpaired) electrons. The third-order valence-corrected chi connectivity index (χ3v) is 3.74. The molecule has 0 unspecified atom stereocenters. The number of amides is 2. The molecule has 2 amide bonds. The number of hydrogen-bond acceptors (Lipinski definition) is 3. The summed E-state index contributed by atoms with van der Waals surface area (Å²) in [5.74, 6) is 0.542. The highest BCUT2D eigenvalue weighted by Gasteiger charge is 2.07. The Morgan fingerprint density at radius 1 is 1.00 bits per heavy atom. The molecule has 2 aromatic rings. The van der Waals surface area contributed by atoms with Gasteiger partial charge in [-0.2, -0.15) is 0 Å². The van der Waals surface area contributed by atoms with Gasteiger partial charge in [0.05, 0.1) is 13.0 Å². The Labute approximate surface area is 148 Å². The van der Waals surface area contributed by atoms with E-state index in [1.807, 2.05) is 12.1 Å². The van der Waals surface area contributed by atoms with Crippen molar-refractivity contribution < 1.29 is 14.3 Å². The van der Waals surface area contributed by atoms with E-state index in [-0.39, 0.29) is 11.8 Å². The van der Waals surface area contributed by atoms with Crippen LogP contribution in [-0.2, 0) is 11.2 Å². The molecular weight excluding hydrogens is 316 g/mol. The molecule has 0 aliphatic rings. The normalized spacial score (nSPS) is 10.2. The first kappa shape index (κ1) is 18.5. The number of rotatable bonds is 8. The van der Waals surface area contributed by atoms with Gasteiger partial charge >= 0.3 is 0 Å². The second-order valence-corrected chi connectivity index (χ2v) is 5.73. The molecule has 132 valence electrons. The lowest BCUT2D eigenvalue weighted by atomic mass is 10.1. The molecule has 0 aliphatic carbocycles. The van der Waals surface area contributed by atoms with Crippen molar-refractivity contribution in [1.29, 1.82) is 0 Å². The van der Waals surface area contributed by atoms with Gasteiger partial charge < -0.3 is 15.4 Å². The highest BCUT2D eigenvalue weighted by molar-refractivity contribution is 6.04. The first-order chi connectivity index (χ1) is 12.1. The number of nitrogens with one attached hydrogen (secondary N) is 2. The summed E-state index contributed by atoms with van der Waals surface area (Å²) < 4.78 is 5.59. The fourth-order valence-corrected chi connectivity index (χ4v) is 2.22. The van der Waals surface area contributed by atoms with Crippen molar-refractivity contribution >= 4 is 17.5 Å². The second-order valence-electron chi connectivity index (χ2n) is 5.73. The van der Waals surface area contributed by atoms with Crippen molar-refractivity contribution in [3.63, 3.8) is 0 Å². The van der Waals surface area contributed by atoms with Crippen LogP contribution in [0.5, 0.6) is 5.75 Å². The predicted octanol–water partition coefficient (Wildman–Crippen LogP) is 3.41. The van der Waals surface area contributed by atoms with Crippen LogP contribution in [0.25, 0.3) is 0 Å². The quantitative estimate of drug-likeness (QED) is 0.724. The maximum atomic E-state index is 12.3. The zero-order chi connectivity index (χ0) is 18.1. The molecule has 0 aliphatic heterocycles. The average Bonchev–Trinajstić information content (AvgIpc) is 2.64. The van der Waals surface area contributed by atoms with Crippen molar-refractivity contribution in [3.8, 4) is 5.75 Å². The molecule has 0 saturated carbocycles. The van der Waals surface area contributed by atoms with Crippen LogP contribution < -0.4 is 15.4 Å². The highest BCUT2D eigenvalue weighted by atomic mass is 16.5. The number of anilines is 1. The minimum absolute atomic E-state index is 0.0435. The van der Waals surface area contributed by atoms with Gasteiger partial charge in [-0.25, -0.2) is 0 Å². The average molecular weight is 340 g/mol. The number of benzene rings is 2. The third-order valence-electron chi connectivity index (χ3n) is 3.74. The maximum absolute atomic E-state index is 12.3. The first-order valence-electron chi connectivity index (χ1n) is 8.46. The summed E-state index contributed by atoms with van der Waals surface area (Å²) in [5.41, 5.74) is 2.15. The van der Waals surface area contributed by atoms with Crippen LogP contribution >= 0.6 is 0 Å². The second kappa shape index (κ2) is 9.47. The minimum atomic E-state index is -0.181. The van der Waals surface area contributed by atoms with Gasteiger partial charge in [-0.15, -0.1) is 0 Å². The lowest BCUT2D eigenvalue weighted by molar-refractivity contribution is -0.119. The Morgan fingerprint density at radius 2 is 1.68 bits per heavy atom. The Kier molecular flexibility index (Phi) is 7.01. The van der Waals surface area contributed by atoms with Crippen LogP contribution in [0.2, 0.25) is 0 Å². The van der Waals surface area contributed by atoms with Crippen molar-refractivity contribution in [1.82, 2.24) is 5.32 Å². The summed E-state index contributed by atoms with van der Waals surface area (Å²) in [5, 5.41) is 5.43. The van der Waals surface area contributed by atoms with Gasteiger partial charge in [0.15, 0.2) is 0 Å². The summed E-state index contributed by atoms with van der Waals surface area (Å²) in [6.07, 6.45) is 2.42. The zero-order valence-corrected chi connectivity index (χ0v) is 14.7. The monoisotopic (exact) mass is 340 g/mol. The van der Waals surface area contributed by atoms with Gasteiger partial charge in [0.25, 0.3) is 5.91 Å². The molecule has 0 heterocycles. The standard InChI is InChI=1S/C20H24N2O3/c1-3-4-13-25-18-11-7-16(8-12-18)20(24)22-17-9-5-15(6-10-17)14-19(23)21-2/h5-12H,3-4,13-14H2,1-2H3,(H,21,23)(H,22,24). The molecule has 0 aromatic heterocycles. The maximum Gasteiger partial charge on any atom is 0.255 e. The Bertz CT molecular complexity index is 694. The molecular formula is C20H24N2O3. The topological polar surface area (TPSA) is 67.4 Å². The number of ether oxygens (including phenoxy) is 1. The van der Waals surface area contributed by atoms with Crippen molar-refractivity contribution in [3.05, 3.63) is 59.7 Å². The Morgan fingerprint density at radius 3 is 2.28 bits per heavy atom. The SMILES string of the molecule is CCCCOc1ccc(C(=O)Nc2ccc(CC(=O)NC)cc2)cc1. The molecule has 2 N–H and O–H groups in total.